The molecule has 5 heteroatoms. The molecule has 0 heterocycles. The molecular weight excluding hydrogens is 370 g/mol. The van der Waals surface area contributed by atoms with Gasteiger partial charge in [0.05, 0.1) is 7.11 Å². The number of benzene rings is 2. The molecule has 0 saturated carbocycles. The van der Waals surface area contributed by atoms with Crippen LogP contribution in [-0.4, -0.2) is 25.7 Å². The molecule has 0 aliphatic carbocycles. The van der Waals surface area contributed by atoms with Crippen LogP contribution in [0.1, 0.15) is 18.9 Å². The van der Waals surface area contributed by atoms with E-state index in [4.69, 9.17) is 9.47 Å². The van der Waals surface area contributed by atoms with Gasteiger partial charge >= 0.3 is 0 Å². The maximum absolute atomic E-state index is 12.1. The Labute approximate surface area is 151 Å². The van der Waals surface area contributed by atoms with Crippen molar-refractivity contribution in [3.05, 3.63) is 58.6 Å². The second-order valence-electron chi connectivity index (χ2n) is 5.46. The summed E-state index contributed by atoms with van der Waals surface area (Å²) in [6.07, 6.45) is 1.23. The lowest BCUT2D eigenvalue weighted by Gasteiger charge is -2.14. The molecule has 0 radical (unpaired) electrons. The standard InChI is InChI=1S/C19H22BrNO3/c1-14(24-17-10-8-16(20)9-11-17)19(22)21-12-4-6-15-5-3-7-18(13-15)23-2/h3,5,7-11,13-14H,4,6,12H2,1-2H3,(H,21,22)/t14-/m0/s1. The van der Waals surface area contributed by atoms with Crippen LogP contribution in [0.15, 0.2) is 53.0 Å². The lowest BCUT2D eigenvalue weighted by Crippen LogP contribution is -2.36. The Balaban J connectivity index is 1.71. The number of hydrogen-bond donors (Lipinski definition) is 1. The van der Waals surface area contributed by atoms with E-state index in [-0.39, 0.29) is 5.91 Å². The van der Waals surface area contributed by atoms with Crippen molar-refractivity contribution in [3.63, 3.8) is 0 Å². The molecule has 0 aliphatic heterocycles. The smallest absolute Gasteiger partial charge is 0.260 e. The van der Waals surface area contributed by atoms with Crippen LogP contribution in [0.4, 0.5) is 0 Å². The minimum atomic E-state index is -0.525. The van der Waals surface area contributed by atoms with E-state index in [2.05, 4.69) is 27.3 Å². The van der Waals surface area contributed by atoms with E-state index in [1.54, 1.807) is 14.0 Å². The van der Waals surface area contributed by atoms with E-state index in [9.17, 15) is 4.79 Å². The lowest BCUT2D eigenvalue weighted by atomic mass is 10.1. The van der Waals surface area contributed by atoms with Gasteiger partial charge in [0.2, 0.25) is 0 Å². The Morgan fingerprint density at radius 2 is 1.92 bits per heavy atom. The second-order valence-corrected chi connectivity index (χ2v) is 6.38. The number of methoxy groups -OCH3 is 1. The van der Waals surface area contributed by atoms with Crippen molar-refractivity contribution in [2.24, 2.45) is 0 Å². The van der Waals surface area contributed by atoms with Gasteiger partial charge in [0.15, 0.2) is 6.10 Å². The number of carbonyl (C=O) groups excluding carboxylic acids is 1. The first-order chi connectivity index (χ1) is 11.6. The van der Waals surface area contributed by atoms with Gasteiger partial charge in [0.1, 0.15) is 11.5 Å². The van der Waals surface area contributed by atoms with Crippen LogP contribution in [0.2, 0.25) is 0 Å². The number of carbonyl (C=O) groups is 1. The van der Waals surface area contributed by atoms with Gasteiger partial charge in [0.25, 0.3) is 5.91 Å². The van der Waals surface area contributed by atoms with E-state index in [0.717, 1.165) is 23.1 Å². The highest BCUT2D eigenvalue weighted by Crippen LogP contribution is 2.17. The first-order valence-electron chi connectivity index (χ1n) is 7.91. The number of ether oxygens (including phenoxy) is 2. The molecule has 1 N–H and O–H groups in total. The summed E-state index contributed by atoms with van der Waals surface area (Å²) >= 11 is 3.37. The Morgan fingerprint density at radius 3 is 2.62 bits per heavy atom. The monoisotopic (exact) mass is 391 g/mol. The zero-order chi connectivity index (χ0) is 17.4. The van der Waals surface area contributed by atoms with Crippen molar-refractivity contribution in [1.82, 2.24) is 5.32 Å². The Kier molecular flexibility index (Phi) is 7.12. The van der Waals surface area contributed by atoms with E-state index in [1.165, 1.54) is 5.56 Å². The molecule has 0 spiro atoms. The molecule has 24 heavy (non-hydrogen) atoms. The van der Waals surface area contributed by atoms with Gasteiger partial charge in [-0.05, 0) is 61.7 Å². The number of aryl methyl sites for hydroxylation is 1. The van der Waals surface area contributed by atoms with Crippen molar-refractivity contribution >= 4 is 21.8 Å². The normalized spacial score (nSPS) is 11.6. The number of amides is 1. The highest BCUT2D eigenvalue weighted by atomic mass is 79.9. The number of halogens is 1. The summed E-state index contributed by atoms with van der Waals surface area (Å²) in [5.74, 6) is 1.42. The van der Waals surface area contributed by atoms with Crippen LogP contribution >= 0.6 is 15.9 Å². The molecule has 0 fully saturated rings. The number of hydrogen-bond acceptors (Lipinski definition) is 3. The maximum atomic E-state index is 12.1. The summed E-state index contributed by atoms with van der Waals surface area (Å²) < 4.78 is 11.8. The van der Waals surface area contributed by atoms with E-state index >= 15 is 0 Å². The quantitative estimate of drug-likeness (QED) is 0.692. The van der Waals surface area contributed by atoms with E-state index in [0.29, 0.717) is 12.3 Å². The summed E-state index contributed by atoms with van der Waals surface area (Å²) in [4.78, 5) is 12.1. The first-order valence-corrected chi connectivity index (χ1v) is 8.70. The zero-order valence-electron chi connectivity index (χ0n) is 13.9. The van der Waals surface area contributed by atoms with Gasteiger partial charge in [-0.2, -0.15) is 0 Å². The Morgan fingerprint density at radius 1 is 1.17 bits per heavy atom. The van der Waals surface area contributed by atoms with Crippen molar-refractivity contribution in [1.29, 1.82) is 0 Å². The van der Waals surface area contributed by atoms with Crippen LogP contribution in [-0.2, 0) is 11.2 Å². The molecular formula is C19H22BrNO3. The SMILES string of the molecule is COc1cccc(CCCNC(=O)[C@H](C)Oc2ccc(Br)cc2)c1. The molecule has 2 aromatic carbocycles. The summed E-state index contributed by atoms with van der Waals surface area (Å²) in [6.45, 7) is 2.36. The largest absolute Gasteiger partial charge is 0.497 e. The first kappa shape index (κ1) is 18.3. The molecule has 0 unspecified atom stereocenters. The third-order valence-electron chi connectivity index (χ3n) is 3.57. The minimum Gasteiger partial charge on any atom is -0.497 e. The fourth-order valence-corrected chi connectivity index (χ4v) is 2.51. The summed E-state index contributed by atoms with van der Waals surface area (Å²) in [5.41, 5.74) is 1.20. The average Bonchev–Trinajstić information content (AvgIpc) is 2.60. The third kappa shape index (κ3) is 5.89. The van der Waals surface area contributed by atoms with Crippen LogP contribution in [0.25, 0.3) is 0 Å². The average molecular weight is 392 g/mol. The highest BCUT2D eigenvalue weighted by Gasteiger charge is 2.13. The number of nitrogens with one attached hydrogen (secondary N) is 1. The van der Waals surface area contributed by atoms with Gasteiger partial charge in [-0.25, -0.2) is 0 Å². The Hall–Kier alpha value is -2.01. The molecule has 2 rings (SSSR count). The van der Waals surface area contributed by atoms with Gasteiger partial charge < -0.3 is 14.8 Å². The molecule has 0 aromatic heterocycles. The molecule has 0 saturated heterocycles. The molecule has 0 bridgehead atoms. The fourth-order valence-electron chi connectivity index (χ4n) is 2.25. The van der Waals surface area contributed by atoms with Gasteiger partial charge in [-0.15, -0.1) is 0 Å². The predicted molar refractivity (Wildman–Crippen MR) is 98.6 cm³/mol. The van der Waals surface area contributed by atoms with Crippen LogP contribution < -0.4 is 14.8 Å². The molecule has 2 aromatic rings. The van der Waals surface area contributed by atoms with E-state index < -0.39 is 6.10 Å². The van der Waals surface area contributed by atoms with Crippen LogP contribution in [0.3, 0.4) is 0 Å². The van der Waals surface area contributed by atoms with Gasteiger partial charge in [-0.3, -0.25) is 4.79 Å². The molecule has 1 atom stereocenters. The maximum Gasteiger partial charge on any atom is 0.260 e. The molecule has 0 aliphatic rings. The fraction of sp³-hybridized carbons (Fsp3) is 0.316. The molecule has 128 valence electrons. The lowest BCUT2D eigenvalue weighted by molar-refractivity contribution is -0.127. The molecule has 4 nitrogen and oxygen atoms in total. The van der Waals surface area contributed by atoms with Crippen molar-refractivity contribution in [3.8, 4) is 11.5 Å². The van der Waals surface area contributed by atoms with E-state index in [1.807, 2.05) is 42.5 Å². The summed E-state index contributed by atoms with van der Waals surface area (Å²) in [6, 6.07) is 15.4. The van der Waals surface area contributed by atoms with Crippen LogP contribution in [0.5, 0.6) is 11.5 Å². The molecule has 1 amide bonds. The topological polar surface area (TPSA) is 47.6 Å². The van der Waals surface area contributed by atoms with Crippen LogP contribution in [0, 0.1) is 0 Å². The predicted octanol–water partition coefficient (Wildman–Crippen LogP) is 3.97. The van der Waals surface area contributed by atoms with Crippen molar-refractivity contribution < 1.29 is 14.3 Å². The van der Waals surface area contributed by atoms with Crippen molar-refractivity contribution in [2.45, 2.75) is 25.9 Å². The van der Waals surface area contributed by atoms with Gasteiger partial charge in [0, 0.05) is 11.0 Å². The summed E-state index contributed by atoms with van der Waals surface area (Å²) in [7, 11) is 1.66. The van der Waals surface area contributed by atoms with Crippen molar-refractivity contribution in [2.75, 3.05) is 13.7 Å². The van der Waals surface area contributed by atoms with Gasteiger partial charge in [-0.1, -0.05) is 28.1 Å². The minimum absolute atomic E-state index is 0.108. The highest BCUT2D eigenvalue weighted by molar-refractivity contribution is 9.10. The third-order valence-corrected chi connectivity index (χ3v) is 4.10. The Bertz CT molecular complexity index is 658. The summed E-state index contributed by atoms with van der Waals surface area (Å²) in [5, 5.41) is 2.91. The number of rotatable bonds is 8. The zero-order valence-corrected chi connectivity index (χ0v) is 15.5. The second kappa shape index (κ2) is 9.33.